The number of aromatic amines is 1. The van der Waals surface area contributed by atoms with Gasteiger partial charge in [0.1, 0.15) is 0 Å². The molecule has 0 atom stereocenters. The van der Waals surface area contributed by atoms with E-state index < -0.39 is 10.0 Å². The molecule has 1 aliphatic heterocycles. The molecule has 0 aliphatic carbocycles. The summed E-state index contributed by atoms with van der Waals surface area (Å²) in [6, 6.07) is 2.39. The maximum atomic E-state index is 12.4. The van der Waals surface area contributed by atoms with E-state index in [0.717, 1.165) is 0 Å². The smallest absolute Gasteiger partial charge is 0.247 e. The molecule has 0 spiro atoms. The number of piperidine rings is 1. The number of pyridine rings is 1. The van der Waals surface area contributed by atoms with Crippen molar-refractivity contribution in [3.05, 3.63) is 28.7 Å². The maximum Gasteiger partial charge on any atom is 0.247 e. The molecule has 3 N–H and O–H groups in total. The molecule has 0 saturated carbocycles. The first-order valence-corrected chi connectivity index (χ1v) is 8.48. The molecule has 1 aromatic heterocycles. The predicted molar refractivity (Wildman–Crippen MR) is 81.7 cm³/mol. The number of sulfonamides is 1. The first-order valence-electron chi connectivity index (χ1n) is 7.00. The van der Waals surface area contributed by atoms with Crippen LogP contribution in [-0.2, 0) is 10.0 Å². The lowest BCUT2D eigenvalue weighted by Crippen LogP contribution is -2.62. The van der Waals surface area contributed by atoms with Crippen molar-refractivity contribution >= 4 is 10.0 Å². The highest BCUT2D eigenvalue weighted by Crippen LogP contribution is 2.29. The van der Waals surface area contributed by atoms with Gasteiger partial charge in [0.25, 0.3) is 0 Å². The highest BCUT2D eigenvalue weighted by Gasteiger charge is 2.39. The molecular weight excluding hydrogens is 290 g/mol. The van der Waals surface area contributed by atoms with Crippen LogP contribution in [-0.4, -0.2) is 30.5 Å². The Morgan fingerprint density at radius 1 is 1.14 bits per heavy atom. The van der Waals surface area contributed by atoms with E-state index in [-0.39, 0.29) is 27.6 Å². The number of H-pyrrole nitrogens is 1. The minimum atomic E-state index is -3.62. The summed E-state index contributed by atoms with van der Waals surface area (Å²) in [4.78, 5) is 13.5. The molecule has 2 rings (SSSR count). The average molecular weight is 313 g/mol. The van der Waals surface area contributed by atoms with Crippen molar-refractivity contribution in [2.75, 3.05) is 0 Å². The summed E-state index contributed by atoms with van der Waals surface area (Å²) in [5.74, 6) is 0. The molecule has 6 nitrogen and oxygen atoms in total. The number of hydrogen-bond acceptors (Lipinski definition) is 4. The summed E-state index contributed by atoms with van der Waals surface area (Å²) >= 11 is 0. The van der Waals surface area contributed by atoms with E-state index in [1.165, 1.54) is 18.3 Å². The molecular formula is C14H23N3O3S. The summed E-state index contributed by atoms with van der Waals surface area (Å²) in [5, 5.41) is 3.51. The molecule has 21 heavy (non-hydrogen) atoms. The van der Waals surface area contributed by atoms with Crippen LogP contribution in [0.3, 0.4) is 0 Å². The Kier molecular flexibility index (Phi) is 4.03. The normalized spacial score (nSPS) is 22.1. The number of rotatable bonds is 3. The van der Waals surface area contributed by atoms with Crippen molar-refractivity contribution in [2.45, 2.75) is 62.6 Å². The summed E-state index contributed by atoms with van der Waals surface area (Å²) in [7, 11) is -3.62. The first kappa shape index (κ1) is 16.2. The van der Waals surface area contributed by atoms with Gasteiger partial charge in [-0.05, 0) is 46.6 Å². The molecule has 0 unspecified atom stereocenters. The molecule has 7 heteroatoms. The second kappa shape index (κ2) is 5.23. The van der Waals surface area contributed by atoms with Crippen LogP contribution in [0.5, 0.6) is 0 Å². The molecule has 118 valence electrons. The van der Waals surface area contributed by atoms with Crippen molar-refractivity contribution in [3.63, 3.8) is 0 Å². The minimum Gasteiger partial charge on any atom is -0.328 e. The van der Waals surface area contributed by atoms with Crippen molar-refractivity contribution < 1.29 is 8.42 Å². The average Bonchev–Trinajstić information content (AvgIpc) is 2.23. The van der Waals surface area contributed by atoms with Crippen molar-refractivity contribution in [1.82, 2.24) is 15.0 Å². The topological polar surface area (TPSA) is 91.1 Å². The van der Waals surface area contributed by atoms with Gasteiger partial charge in [-0.1, -0.05) is 0 Å². The van der Waals surface area contributed by atoms with Gasteiger partial charge in [-0.3, -0.25) is 4.79 Å². The van der Waals surface area contributed by atoms with Gasteiger partial charge in [-0.15, -0.1) is 0 Å². The third-order valence-electron chi connectivity index (χ3n) is 3.58. The third-order valence-corrected chi connectivity index (χ3v) is 5.10. The monoisotopic (exact) mass is 313 g/mol. The third kappa shape index (κ3) is 4.15. The van der Waals surface area contributed by atoms with Gasteiger partial charge < -0.3 is 10.3 Å². The van der Waals surface area contributed by atoms with Crippen LogP contribution >= 0.6 is 0 Å². The number of aromatic nitrogens is 1. The van der Waals surface area contributed by atoms with Gasteiger partial charge in [0.05, 0.1) is 4.90 Å². The molecule has 0 bridgehead atoms. The largest absolute Gasteiger partial charge is 0.328 e. The lowest BCUT2D eigenvalue weighted by molar-refractivity contribution is 0.157. The van der Waals surface area contributed by atoms with E-state index in [4.69, 9.17) is 0 Å². The fourth-order valence-corrected chi connectivity index (χ4v) is 4.46. The van der Waals surface area contributed by atoms with Gasteiger partial charge in [0.15, 0.2) is 0 Å². The molecule has 1 aliphatic rings. The summed E-state index contributed by atoms with van der Waals surface area (Å²) in [6.45, 7) is 8.26. The predicted octanol–water partition coefficient (Wildman–Crippen LogP) is 0.962. The van der Waals surface area contributed by atoms with Crippen LogP contribution in [0.25, 0.3) is 0 Å². The molecule has 2 heterocycles. The lowest BCUT2D eigenvalue weighted by Gasteiger charge is -2.46. The van der Waals surface area contributed by atoms with Gasteiger partial charge in [0, 0.05) is 29.4 Å². The fraction of sp³-hybridized carbons (Fsp3) is 0.643. The number of hydrogen-bond donors (Lipinski definition) is 3. The van der Waals surface area contributed by atoms with Crippen LogP contribution in [0.1, 0.15) is 40.5 Å². The van der Waals surface area contributed by atoms with E-state index in [9.17, 15) is 13.2 Å². The lowest BCUT2D eigenvalue weighted by atomic mass is 9.80. The summed E-state index contributed by atoms with van der Waals surface area (Å²) < 4.78 is 27.5. The van der Waals surface area contributed by atoms with Crippen LogP contribution in [0, 0.1) is 0 Å². The van der Waals surface area contributed by atoms with Gasteiger partial charge in [0.2, 0.25) is 15.6 Å². The zero-order valence-electron chi connectivity index (χ0n) is 12.9. The zero-order chi connectivity index (χ0) is 15.9. The molecule has 1 aromatic rings. The Labute approximate surface area is 125 Å². The summed E-state index contributed by atoms with van der Waals surface area (Å²) in [6.07, 6.45) is 2.64. The van der Waals surface area contributed by atoms with Gasteiger partial charge in [-0.25, -0.2) is 13.1 Å². The highest BCUT2D eigenvalue weighted by atomic mass is 32.2. The maximum absolute atomic E-state index is 12.4. The van der Waals surface area contributed by atoms with Crippen molar-refractivity contribution in [2.24, 2.45) is 0 Å². The van der Waals surface area contributed by atoms with E-state index >= 15 is 0 Å². The van der Waals surface area contributed by atoms with Crippen molar-refractivity contribution in [3.8, 4) is 0 Å². The van der Waals surface area contributed by atoms with Crippen LogP contribution in [0.4, 0.5) is 0 Å². The Hall–Kier alpha value is -1.18. The van der Waals surface area contributed by atoms with E-state index in [2.05, 4.69) is 42.7 Å². The van der Waals surface area contributed by atoms with Crippen LogP contribution in [0.15, 0.2) is 28.0 Å². The van der Waals surface area contributed by atoms with E-state index in [1.807, 2.05) is 0 Å². The molecule has 0 radical (unpaired) electrons. The Morgan fingerprint density at radius 2 is 1.71 bits per heavy atom. The Morgan fingerprint density at radius 3 is 2.19 bits per heavy atom. The SMILES string of the molecule is CC1(C)CC(NS(=O)(=O)c2ccc(=O)[nH]c2)CC(C)(C)N1. The molecule has 1 saturated heterocycles. The Bertz CT molecular complexity index is 640. The molecule has 1 fully saturated rings. The van der Waals surface area contributed by atoms with Crippen molar-refractivity contribution in [1.29, 1.82) is 0 Å². The van der Waals surface area contributed by atoms with Crippen LogP contribution < -0.4 is 15.6 Å². The quantitative estimate of drug-likeness (QED) is 0.775. The highest BCUT2D eigenvalue weighted by molar-refractivity contribution is 7.89. The first-order chi connectivity index (χ1) is 9.49. The number of nitrogens with one attached hydrogen (secondary N) is 3. The van der Waals surface area contributed by atoms with E-state index in [1.54, 1.807) is 0 Å². The standard InChI is InChI=1S/C14H23N3O3S/c1-13(2)7-10(8-14(3,4)17-13)16-21(19,20)11-5-6-12(18)15-9-11/h5-6,9-10,16-17H,7-8H2,1-4H3,(H,15,18). The molecule has 0 aromatic carbocycles. The van der Waals surface area contributed by atoms with Gasteiger partial charge >= 0.3 is 0 Å². The fourth-order valence-electron chi connectivity index (χ4n) is 3.26. The molecule has 0 amide bonds. The van der Waals surface area contributed by atoms with E-state index in [0.29, 0.717) is 12.8 Å². The summed E-state index contributed by atoms with van der Waals surface area (Å²) in [5.41, 5.74) is -0.599. The zero-order valence-corrected chi connectivity index (χ0v) is 13.7. The van der Waals surface area contributed by atoms with Gasteiger partial charge in [-0.2, -0.15) is 0 Å². The minimum absolute atomic E-state index is 0.0799. The Balaban J connectivity index is 2.20. The second-order valence-electron chi connectivity index (χ2n) is 7.01. The second-order valence-corrected chi connectivity index (χ2v) is 8.72. The van der Waals surface area contributed by atoms with Crippen LogP contribution in [0.2, 0.25) is 0 Å².